The van der Waals surface area contributed by atoms with Crippen molar-refractivity contribution in [2.24, 2.45) is 5.10 Å². The predicted molar refractivity (Wildman–Crippen MR) is 114 cm³/mol. The van der Waals surface area contributed by atoms with Crippen LogP contribution in [0, 0.1) is 0 Å². The number of carbonyl (C=O) groups is 2. The summed E-state index contributed by atoms with van der Waals surface area (Å²) in [5.41, 5.74) is 4.24. The molecule has 29 heavy (non-hydrogen) atoms. The molecule has 2 amide bonds. The summed E-state index contributed by atoms with van der Waals surface area (Å²) in [5, 5.41) is 8.79. The summed E-state index contributed by atoms with van der Waals surface area (Å²) >= 11 is 0. The minimum Gasteiger partial charge on any atom is -0.352 e. The fourth-order valence-electron chi connectivity index (χ4n) is 3.24. The van der Waals surface area contributed by atoms with Crippen LogP contribution in [0.15, 0.2) is 59.7 Å². The second-order valence-corrected chi connectivity index (χ2v) is 7.51. The molecule has 2 aromatic rings. The zero-order valence-corrected chi connectivity index (χ0v) is 17.1. The highest BCUT2D eigenvalue weighted by molar-refractivity contribution is 6.02. The molecule has 0 fully saturated rings. The third-order valence-electron chi connectivity index (χ3n) is 4.77. The number of nitrogens with one attached hydrogen (secondary N) is 1. The van der Waals surface area contributed by atoms with E-state index in [2.05, 4.69) is 27.5 Å². The largest absolute Gasteiger partial charge is 0.352 e. The van der Waals surface area contributed by atoms with Crippen LogP contribution >= 0.6 is 0 Å². The molecule has 6 heteroatoms. The molecule has 1 aliphatic rings. The predicted octanol–water partition coefficient (Wildman–Crippen LogP) is 2.78. The van der Waals surface area contributed by atoms with Crippen LogP contribution < -0.4 is 5.32 Å². The number of amides is 2. The zero-order chi connectivity index (χ0) is 20.6. The zero-order valence-electron chi connectivity index (χ0n) is 17.1. The van der Waals surface area contributed by atoms with E-state index in [1.54, 1.807) is 0 Å². The standard InChI is InChI=1S/C23H28N4O2/c1-26(2)17-19-10-8-18(9-11-19)16-24-22(28)12-13-23(29)27-15-14-21(25-27)20-6-4-3-5-7-20/h3-11H,12-17H2,1-2H3,(H,24,28). The monoisotopic (exact) mass is 392 g/mol. The maximum absolute atomic E-state index is 12.4. The third-order valence-corrected chi connectivity index (χ3v) is 4.77. The molecule has 0 spiro atoms. The highest BCUT2D eigenvalue weighted by Crippen LogP contribution is 2.15. The van der Waals surface area contributed by atoms with Crippen LogP contribution in [0.5, 0.6) is 0 Å². The fraction of sp³-hybridized carbons (Fsp3) is 0.348. The van der Waals surface area contributed by atoms with Crippen molar-refractivity contribution in [1.82, 2.24) is 15.2 Å². The van der Waals surface area contributed by atoms with Crippen molar-refractivity contribution in [1.29, 1.82) is 0 Å². The van der Waals surface area contributed by atoms with E-state index in [1.807, 2.05) is 56.6 Å². The van der Waals surface area contributed by atoms with E-state index in [4.69, 9.17) is 0 Å². The molecular weight excluding hydrogens is 364 g/mol. The molecule has 0 radical (unpaired) electrons. The molecule has 3 rings (SSSR count). The molecule has 0 aromatic heterocycles. The van der Waals surface area contributed by atoms with Gasteiger partial charge in [-0.2, -0.15) is 5.10 Å². The molecule has 0 unspecified atom stereocenters. The van der Waals surface area contributed by atoms with Crippen LogP contribution in [0.3, 0.4) is 0 Å². The minimum absolute atomic E-state index is 0.112. The number of nitrogens with zero attached hydrogens (tertiary/aromatic N) is 3. The Labute approximate surface area is 172 Å². The van der Waals surface area contributed by atoms with Crippen LogP contribution in [0.25, 0.3) is 0 Å². The molecule has 1 heterocycles. The van der Waals surface area contributed by atoms with Gasteiger partial charge in [0.2, 0.25) is 11.8 Å². The van der Waals surface area contributed by atoms with Gasteiger partial charge < -0.3 is 10.2 Å². The van der Waals surface area contributed by atoms with Crippen molar-refractivity contribution in [2.45, 2.75) is 32.4 Å². The maximum atomic E-state index is 12.4. The Morgan fingerprint density at radius 1 is 1.00 bits per heavy atom. The summed E-state index contributed by atoms with van der Waals surface area (Å²) < 4.78 is 0. The van der Waals surface area contributed by atoms with Crippen molar-refractivity contribution in [3.63, 3.8) is 0 Å². The third kappa shape index (κ3) is 6.26. The average Bonchev–Trinajstić information content (AvgIpc) is 3.22. The smallest absolute Gasteiger partial charge is 0.243 e. The number of carbonyl (C=O) groups excluding carboxylic acids is 2. The lowest BCUT2D eigenvalue weighted by Crippen LogP contribution is -2.27. The van der Waals surface area contributed by atoms with E-state index in [1.165, 1.54) is 10.6 Å². The van der Waals surface area contributed by atoms with E-state index in [9.17, 15) is 9.59 Å². The molecule has 0 aliphatic carbocycles. The number of rotatable bonds is 8. The highest BCUT2D eigenvalue weighted by atomic mass is 16.2. The summed E-state index contributed by atoms with van der Waals surface area (Å²) in [4.78, 5) is 26.6. The number of hydrogen-bond acceptors (Lipinski definition) is 4. The van der Waals surface area contributed by atoms with Gasteiger partial charge in [-0.25, -0.2) is 5.01 Å². The Balaban J connectivity index is 1.41. The molecule has 0 saturated heterocycles. The molecule has 6 nitrogen and oxygen atoms in total. The normalized spacial score (nSPS) is 13.5. The first-order valence-corrected chi connectivity index (χ1v) is 9.94. The molecule has 0 bridgehead atoms. The second-order valence-electron chi connectivity index (χ2n) is 7.51. The molecular formula is C23H28N4O2. The first-order valence-electron chi connectivity index (χ1n) is 9.94. The lowest BCUT2D eigenvalue weighted by atomic mass is 10.1. The van der Waals surface area contributed by atoms with Gasteiger partial charge in [-0.1, -0.05) is 54.6 Å². The first kappa shape index (κ1) is 20.7. The van der Waals surface area contributed by atoms with Crippen LogP contribution in [0.2, 0.25) is 0 Å². The number of hydrogen-bond donors (Lipinski definition) is 1. The maximum Gasteiger partial charge on any atom is 0.243 e. The van der Waals surface area contributed by atoms with Gasteiger partial charge in [0.15, 0.2) is 0 Å². The summed E-state index contributed by atoms with van der Waals surface area (Å²) in [7, 11) is 4.07. The Kier molecular flexibility index (Phi) is 7.14. The van der Waals surface area contributed by atoms with Gasteiger partial charge in [0, 0.05) is 32.4 Å². The highest BCUT2D eigenvalue weighted by Gasteiger charge is 2.21. The van der Waals surface area contributed by atoms with Crippen molar-refractivity contribution in [3.8, 4) is 0 Å². The average molecular weight is 393 g/mol. The number of hydrazone groups is 1. The van der Waals surface area contributed by atoms with E-state index >= 15 is 0 Å². The fourth-order valence-corrected chi connectivity index (χ4v) is 3.24. The minimum atomic E-state index is -0.123. The lowest BCUT2D eigenvalue weighted by molar-refractivity contribution is -0.133. The Bertz CT molecular complexity index is 860. The topological polar surface area (TPSA) is 65.0 Å². The van der Waals surface area contributed by atoms with E-state index in [0.717, 1.165) is 29.8 Å². The van der Waals surface area contributed by atoms with Crippen LogP contribution in [-0.2, 0) is 22.7 Å². The summed E-state index contributed by atoms with van der Waals surface area (Å²) in [6, 6.07) is 18.0. The van der Waals surface area contributed by atoms with Crippen LogP contribution in [-0.4, -0.2) is 48.1 Å². The van der Waals surface area contributed by atoms with Gasteiger partial charge in [-0.05, 0) is 30.8 Å². The summed E-state index contributed by atoms with van der Waals surface area (Å²) in [6.45, 7) is 1.93. The molecule has 0 atom stereocenters. The molecule has 0 saturated carbocycles. The molecule has 1 N–H and O–H groups in total. The van der Waals surface area contributed by atoms with Gasteiger partial charge in [-0.15, -0.1) is 0 Å². The second kappa shape index (κ2) is 9.98. The van der Waals surface area contributed by atoms with Crippen molar-refractivity contribution >= 4 is 17.5 Å². The number of benzene rings is 2. The lowest BCUT2D eigenvalue weighted by Gasteiger charge is -2.12. The van der Waals surface area contributed by atoms with Gasteiger partial charge in [0.25, 0.3) is 0 Å². The Morgan fingerprint density at radius 2 is 1.69 bits per heavy atom. The van der Waals surface area contributed by atoms with Crippen LogP contribution in [0.4, 0.5) is 0 Å². The van der Waals surface area contributed by atoms with Crippen molar-refractivity contribution in [3.05, 3.63) is 71.3 Å². The quantitative estimate of drug-likeness (QED) is 0.751. The van der Waals surface area contributed by atoms with Gasteiger partial charge >= 0.3 is 0 Å². The molecule has 152 valence electrons. The summed E-state index contributed by atoms with van der Waals surface area (Å²) in [6.07, 6.45) is 1.08. The van der Waals surface area contributed by atoms with Crippen molar-refractivity contribution < 1.29 is 9.59 Å². The Morgan fingerprint density at radius 3 is 2.38 bits per heavy atom. The van der Waals surface area contributed by atoms with Gasteiger partial charge in [0.05, 0.1) is 12.3 Å². The van der Waals surface area contributed by atoms with Gasteiger partial charge in [-0.3, -0.25) is 9.59 Å². The summed E-state index contributed by atoms with van der Waals surface area (Å²) in [5.74, 6) is -0.235. The molecule has 2 aromatic carbocycles. The van der Waals surface area contributed by atoms with E-state index in [-0.39, 0.29) is 24.7 Å². The van der Waals surface area contributed by atoms with Gasteiger partial charge in [0.1, 0.15) is 0 Å². The van der Waals surface area contributed by atoms with Crippen molar-refractivity contribution in [2.75, 3.05) is 20.6 Å². The van der Waals surface area contributed by atoms with E-state index < -0.39 is 0 Å². The first-order chi connectivity index (χ1) is 14.0. The van der Waals surface area contributed by atoms with Crippen LogP contribution in [0.1, 0.15) is 36.0 Å². The molecule has 1 aliphatic heterocycles. The SMILES string of the molecule is CN(C)Cc1ccc(CNC(=O)CCC(=O)N2CCC(c3ccccc3)=N2)cc1. The Hall–Kier alpha value is -2.99. The van der Waals surface area contributed by atoms with E-state index in [0.29, 0.717) is 13.1 Å².